The average molecular weight is 376 g/mol. The van der Waals surface area contributed by atoms with E-state index in [0.29, 0.717) is 0 Å². The number of ether oxygens (including phenoxy) is 1. The number of hydrogen-bond donors (Lipinski definition) is 2. The summed E-state index contributed by atoms with van der Waals surface area (Å²) in [5.74, 6) is -0.953. The molecule has 0 saturated heterocycles. The van der Waals surface area contributed by atoms with Gasteiger partial charge in [-0.05, 0) is 48.5 Å². The fourth-order valence-corrected chi connectivity index (χ4v) is 2.22. The summed E-state index contributed by atoms with van der Waals surface area (Å²) in [6.45, 7) is 0. The Morgan fingerprint density at radius 2 is 1.40 bits per heavy atom. The summed E-state index contributed by atoms with van der Waals surface area (Å²) in [6, 6.07) is 8.69. The van der Waals surface area contributed by atoms with Crippen molar-refractivity contribution in [2.45, 2.75) is 11.6 Å². The topological polar surface area (TPSA) is 101 Å². The molecule has 2 N–H and O–H groups in total. The highest BCUT2D eigenvalue weighted by molar-refractivity contribution is 7.87. The van der Waals surface area contributed by atoms with Gasteiger partial charge in [-0.2, -0.15) is 21.6 Å². The van der Waals surface area contributed by atoms with Gasteiger partial charge in [0.2, 0.25) is 11.2 Å². The van der Waals surface area contributed by atoms with Crippen molar-refractivity contribution in [3.8, 4) is 11.5 Å². The van der Waals surface area contributed by atoms with Crippen molar-refractivity contribution >= 4 is 15.9 Å². The molecule has 0 amide bonds. The molecule has 2 aromatic rings. The van der Waals surface area contributed by atoms with Crippen LogP contribution in [0.15, 0.2) is 48.5 Å². The number of benzene rings is 2. The Hall–Kier alpha value is -2.43. The summed E-state index contributed by atoms with van der Waals surface area (Å²) in [5.41, 5.74) is -3.64. The van der Waals surface area contributed by atoms with E-state index in [1.165, 1.54) is 12.1 Å². The molecule has 0 aliphatic carbocycles. The minimum atomic E-state index is -4.94. The highest BCUT2D eigenvalue weighted by atomic mass is 32.2. The molecule has 0 radical (unpaired) electrons. The molecule has 0 spiro atoms. The number of carbonyl (C=O) groups is 1. The van der Waals surface area contributed by atoms with Gasteiger partial charge in [0.1, 0.15) is 11.5 Å². The van der Waals surface area contributed by atoms with Crippen molar-refractivity contribution in [2.24, 2.45) is 0 Å². The molecule has 134 valence electrons. The SMILES string of the molecule is O=C(c1ccc(Oc2ccc(C(F)(F)F)cc2)cc1)C(O)S(=O)(=O)O. The highest BCUT2D eigenvalue weighted by Crippen LogP contribution is 2.31. The lowest BCUT2D eigenvalue weighted by molar-refractivity contribution is -0.137. The fraction of sp³-hybridized carbons (Fsp3) is 0.133. The van der Waals surface area contributed by atoms with Gasteiger partial charge >= 0.3 is 6.18 Å². The summed E-state index contributed by atoms with van der Waals surface area (Å²) in [6.07, 6.45) is -4.46. The molecule has 0 saturated carbocycles. The first-order valence-corrected chi connectivity index (χ1v) is 8.12. The monoisotopic (exact) mass is 376 g/mol. The molecule has 2 aromatic carbocycles. The van der Waals surface area contributed by atoms with Crippen molar-refractivity contribution in [1.29, 1.82) is 0 Å². The van der Waals surface area contributed by atoms with Crippen LogP contribution in [0.2, 0.25) is 0 Å². The van der Waals surface area contributed by atoms with Gasteiger partial charge in [0, 0.05) is 5.56 Å². The van der Waals surface area contributed by atoms with E-state index in [1.54, 1.807) is 0 Å². The van der Waals surface area contributed by atoms with Crippen LogP contribution < -0.4 is 4.74 Å². The third-order valence-corrected chi connectivity index (χ3v) is 3.84. The summed E-state index contributed by atoms with van der Waals surface area (Å²) in [7, 11) is -4.94. The van der Waals surface area contributed by atoms with Gasteiger partial charge in [-0.3, -0.25) is 9.35 Å². The van der Waals surface area contributed by atoms with Crippen LogP contribution in [0.3, 0.4) is 0 Å². The molecule has 1 atom stereocenters. The van der Waals surface area contributed by atoms with Crippen molar-refractivity contribution in [2.75, 3.05) is 0 Å². The van der Waals surface area contributed by atoms with E-state index < -0.39 is 33.1 Å². The number of carbonyl (C=O) groups excluding carboxylic acids is 1. The van der Waals surface area contributed by atoms with E-state index in [4.69, 9.17) is 9.29 Å². The number of ketones is 1. The molecule has 10 heteroatoms. The van der Waals surface area contributed by atoms with Crippen molar-refractivity contribution in [1.82, 2.24) is 0 Å². The number of aliphatic hydroxyl groups is 1. The molecule has 25 heavy (non-hydrogen) atoms. The second kappa shape index (κ2) is 6.82. The van der Waals surface area contributed by atoms with Crippen LogP contribution in [0.1, 0.15) is 15.9 Å². The zero-order valence-corrected chi connectivity index (χ0v) is 13.1. The van der Waals surface area contributed by atoms with E-state index in [-0.39, 0.29) is 17.1 Å². The van der Waals surface area contributed by atoms with Gasteiger partial charge in [0.05, 0.1) is 5.56 Å². The number of alkyl halides is 3. The van der Waals surface area contributed by atoms with Crippen LogP contribution in [0.4, 0.5) is 13.2 Å². The summed E-state index contributed by atoms with van der Waals surface area (Å²) in [5, 5.41) is 9.19. The lowest BCUT2D eigenvalue weighted by Crippen LogP contribution is -2.29. The van der Waals surface area contributed by atoms with Crippen LogP contribution in [0, 0.1) is 0 Å². The van der Waals surface area contributed by atoms with E-state index >= 15 is 0 Å². The lowest BCUT2D eigenvalue weighted by Gasteiger charge is -2.10. The molecule has 2 rings (SSSR count). The summed E-state index contributed by atoms with van der Waals surface area (Å²) >= 11 is 0. The number of halogens is 3. The molecule has 0 heterocycles. The van der Waals surface area contributed by atoms with E-state index in [2.05, 4.69) is 0 Å². The predicted octanol–water partition coefficient (Wildman–Crippen LogP) is 2.89. The Bertz CT molecular complexity index is 858. The van der Waals surface area contributed by atoms with Gasteiger partial charge in [-0.15, -0.1) is 0 Å². The number of rotatable bonds is 5. The highest BCUT2D eigenvalue weighted by Gasteiger charge is 2.30. The predicted molar refractivity (Wildman–Crippen MR) is 79.8 cm³/mol. The maximum Gasteiger partial charge on any atom is 0.416 e. The largest absolute Gasteiger partial charge is 0.457 e. The molecule has 0 aromatic heterocycles. The number of aliphatic hydroxyl groups excluding tert-OH is 1. The zero-order chi connectivity index (χ0) is 18.8. The van der Waals surface area contributed by atoms with Crippen LogP contribution in [0.5, 0.6) is 11.5 Å². The maximum absolute atomic E-state index is 12.5. The normalized spacial score (nSPS) is 13.3. The molecular formula is C15H11F3O6S. The number of Topliss-reactive ketones (excluding diaryl/α,β-unsaturated/α-hetero) is 1. The van der Waals surface area contributed by atoms with Crippen molar-refractivity contribution in [3.63, 3.8) is 0 Å². The molecular weight excluding hydrogens is 365 g/mol. The van der Waals surface area contributed by atoms with Gasteiger partial charge in [0.15, 0.2) is 0 Å². The lowest BCUT2D eigenvalue weighted by atomic mass is 10.1. The summed E-state index contributed by atoms with van der Waals surface area (Å²) in [4.78, 5) is 11.7. The smallest absolute Gasteiger partial charge is 0.416 e. The Kier molecular flexibility index (Phi) is 5.16. The standard InChI is InChI=1S/C15H11F3O6S/c16-15(17,18)10-3-7-12(8-4-10)24-11-5-1-9(2-6-11)13(19)14(20)25(21,22)23/h1-8,14,20H,(H,21,22,23). The maximum atomic E-state index is 12.5. The van der Waals surface area contributed by atoms with Gasteiger partial charge in [-0.1, -0.05) is 0 Å². The Morgan fingerprint density at radius 1 is 0.960 bits per heavy atom. The molecule has 6 nitrogen and oxygen atoms in total. The van der Waals surface area contributed by atoms with E-state index in [9.17, 15) is 31.5 Å². The molecule has 1 unspecified atom stereocenters. The first-order chi connectivity index (χ1) is 11.5. The Balaban J connectivity index is 2.12. The van der Waals surface area contributed by atoms with E-state index in [1.807, 2.05) is 0 Å². The van der Waals surface area contributed by atoms with Crippen molar-refractivity contribution < 1.29 is 40.8 Å². The minimum absolute atomic E-state index is 0.116. The van der Waals surface area contributed by atoms with Crippen LogP contribution in [-0.2, 0) is 16.3 Å². The molecule has 0 bridgehead atoms. The Morgan fingerprint density at radius 3 is 1.80 bits per heavy atom. The first kappa shape index (κ1) is 18.9. The van der Waals surface area contributed by atoms with Crippen molar-refractivity contribution in [3.05, 3.63) is 59.7 Å². The molecule has 0 fully saturated rings. The minimum Gasteiger partial charge on any atom is -0.457 e. The molecule has 0 aliphatic rings. The fourth-order valence-electron chi connectivity index (χ4n) is 1.81. The van der Waals surface area contributed by atoms with Gasteiger partial charge in [0.25, 0.3) is 10.1 Å². The van der Waals surface area contributed by atoms with Crippen LogP contribution in [0.25, 0.3) is 0 Å². The van der Waals surface area contributed by atoms with E-state index in [0.717, 1.165) is 36.4 Å². The zero-order valence-electron chi connectivity index (χ0n) is 12.3. The average Bonchev–Trinajstić information content (AvgIpc) is 2.53. The third kappa shape index (κ3) is 4.78. The van der Waals surface area contributed by atoms with Crippen LogP contribution in [-0.4, -0.2) is 29.3 Å². The summed E-state index contributed by atoms with van der Waals surface area (Å²) < 4.78 is 72.8. The number of hydrogen-bond acceptors (Lipinski definition) is 5. The first-order valence-electron chi connectivity index (χ1n) is 6.62. The quantitative estimate of drug-likeness (QED) is 0.615. The van der Waals surface area contributed by atoms with Crippen LogP contribution >= 0.6 is 0 Å². The second-order valence-electron chi connectivity index (χ2n) is 4.88. The van der Waals surface area contributed by atoms with Gasteiger partial charge in [-0.25, -0.2) is 0 Å². The second-order valence-corrected chi connectivity index (χ2v) is 6.36. The third-order valence-electron chi connectivity index (χ3n) is 3.06. The Labute approximate surface area is 140 Å². The molecule has 0 aliphatic heterocycles. The van der Waals surface area contributed by atoms with Gasteiger partial charge < -0.3 is 9.84 Å².